The molecule has 0 fully saturated rings. The van der Waals surface area contributed by atoms with Crippen LogP contribution in [0.2, 0.25) is 5.32 Å². The molecule has 0 spiro atoms. The van der Waals surface area contributed by atoms with Crippen molar-refractivity contribution in [1.82, 2.24) is 0 Å². The first kappa shape index (κ1) is 13.1. The number of allylic oxidation sites excluding steroid dienone is 1. The van der Waals surface area contributed by atoms with Crippen LogP contribution < -0.4 is 0 Å². The molecule has 0 radical (unpaired) electrons. The summed E-state index contributed by atoms with van der Waals surface area (Å²) in [6, 6.07) is 10.1. The predicted octanol–water partition coefficient (Wildman–Crippen LogP) is 2.71. The molecule has 0 saturated heterocycles. The fourth-order valence-corrected chi connectivity index (χ4v) is 2.42. The van der Waals surface area contributed by atoms with Crippen LogP contribution >= 0.6 is 0 Å². The van der Waals surface area contributed by atoms with Crippen molar-refractivity contribution in [2.24, 2.45) is 0 Å². The van der Waals surface area contributed by atoms with E-state index >= 15 is 0 Å². The van der Waals surface area contributed by atoms with Gasteiger partial charge in [-0.1, -0.05) is 0 Å². The summed E-state index contributed by atoms with van der Waals surface area (Å²) in [5, 5.41) is 1.17. The molecule has 0 unspecified atom stereocenters. The SMILES string of the molecule is CC[Se]/C(C#Cc1ccccc1)=C\COC. The van der Waals surface area contributed by atoms with Gasteiger partial charge in [-0.05, 0) is 0 Å². The summed E-state index contributed by atoms with van der Waals surface area (Å²) in [5.74, 6) is 6.41. The van der Waals surface area contributed by atoms with E-state index in [-0.39, 0.29) is 0 Å². The minimum atomic E-state index is 0.473. The summed E-state index contributed by atoms with van der Waals surface area (Å²) in [5.41, 5.74) is 1.07. The van der Waals surface area contributed by atoms with Crippen LogP contribution in [0.15, 0.2) is 40.9 Å². The Morgan fingerprint density at radius 1 is 1.38 bits per heavy atom. The molecule has 0 bridgehead atoms. The molecule has 0 aliphatic carbocycles. The van der Waals surface area contributed by atoms with E-state index in [1.165, 1.54) is 9.79 Å². The average Bonchev–Trinajstić information content (AvgIpc) is 2.34. The van der Waals surface area contributed by atoms with Crippen LogP contribution in [0.5, 0.6) is 0 Å². The fourth-order valence-electron chi connectivity index (χ4n) is 1.12. The first-order valence-corrected chi connectivity index (χ1v) is 7.32. The molecular weight excluding hydrogens is 263 g/mol. The predicted molar refractivity (Wildman–Crippen MR) is 69.5 cm³/mol. The number of hydrogen-bond donors (Lipinski definition) is 0. The molecule has 1 nitrogen and oxygen atoms in total. The van der Waals surface area contributed by atoms with Gasteiger partial charge in [0.1, 0.15) is 0 Å². The molecule has 0 aromatic heterocycles. The zero-order valence-corrected chi connectivity index (χ0v) is 11.4. The molecule has 0 aliphatic heterocycles. The fraction of sp³-hybridized carbons (Fsp3) is 0.286. The molecule has 0 N–H and O–H groups in total. The van der Waals surface area contributed by atoms with Crippen molar-refractivity contribution in [1.29, 1.82) is 0 Å². The zero-order chi connectivity index (χ0) is 11.6. The summed E-state index contributed by atoms with van der Waals surface area (Å²) in [6.07, 6.45) is 2.08. The van der Waals surface area contributed by atoms with Crippen LogP contribution in [-0.2, 0) is 4.74 Å². The topological polar surface area (TPSA) is 9.23 Å². The van der Waals surface area contributed by atoms with E-state index in [1.54, 1.807) is 7.11 Å². The summed E-state index contributed by atoms with van der Waals surface area (Å²) < 4.78 is 6.26. The molecule has 0 amide bonds. The van der Waals surface area contributed by atoms with E-state index in [4.69, 9.17) is 4.74 Å². The summed E-state index contributed by atoms with van der Waals surface area (Å²) >= 11 is 0.473. The summed E-state index contributed by atoms with van der Waals surface area (Å²) in [6.45, 7) is 2.84. The molecule has 1 aromatic rings. The van der Waals surface area contributed by atoms with E-state index in [1.807, 2.05) is 30.3 Å². The maximum absolute atomic E-state index is 5.04. The normalized spacial score (nSPS) is 10.8. The van der Waals surface area contributed by atoms with Gasteiger partial charge in [0, 0.05) is 0 Å². The second-order valence-electron chi connectivity index (χ2n) is 3.07. The molecular formula is C14H16OSe. The van der Waals surface area contributed by atoms with Crippen molar-refractivity contribution in [3.8, 4) is 11.8 Å². The third-order valence-electron chi connectivity index (χ3n) is 1.84. The first-order valence-electron chi connectivity index (χ1n) is 5.25. The molecule has 0 saturated carbocycles. The van der Waals surface area contributed by atoms with Gasteiger partial charge in [0.2, 0.25) is 0 Å². The van der Waals surface area contributed by atoms with E-state index in [2.05, 4.69) is 24.8 Å². The standard InChI is InChI=1S/C14H16OSe/c1-3-16-14(11-12-15-2)10-9-13-7-5-4-6-8-13/h4-8,11H,3,12H2,1-2H3/b14-11-. The quantitative estimate of drug-likeness (QED) is 0.608. The van der Waals surface area contributed by atoms with Crippen LogP contribution in [0.3, 0.4) is 0 Å². The van der Waals surface area contributed by atoms with Gasteiger partial charge in [0.15, 0.2) is 0 Å². The van der Waals surface area contributed by atoms with E-state index in [0.717, 1.165) is 5.56 Å². The third kappa shape index (κ3) is 5.19. The number of benzene rings is 1. The van der Waals surface area contributed by atoms with Gasteiger partial charge in [-0.15, -0.1) is 0 Å². The Kier molecular flexibility index (Phi) is 6.69. The molecule has 0 aliphatic rings. The molecule has 16 heavy (non-hydrogen) atoms. The van der Waals surface area contributed by atoms with Gasteiger partial charge in [-0.25, -0.2) is 0 Å². The van der Waals surface area contributed by atoms with Gasteiger partial charge in [-0.2, -0.15) is 0 Å². The van der Waals surface area contributed by atoms with Gasteiger partial charge >= 0.3 is 104 Å². The van der Waals surface area contributed by atoms with E-state index in [9.17, 15) is 0 Å². The zero-order valence-electron chi connectivity index (χ0n) is 9.69. The monoisotopic (exact) mass is 280 g/mol. The second kappa shape index (κ2) is 8.19. The van der Waals surface area contributed by atoms with E-state index < -0.39 is 0 Å². The summed E-state index contributed by atoms with van der Waals surface area (Å²) in [7, 11) is 1.71. The van der Waals surface area contributed by atoms with Crippen LogP contribution in [0.4, 0.5) is 0 Å². The van der Waals surface area contributed by atoms with Crippen LogP contribution in [0.25, 0.3) is 0 Å². The van der Waals surface area contributed by atoms with Crippen molar-refractivity contribution in [2.75, 3.05) is 13.7 Å². The van der Waals surface area contributed by atoms with Crippen molar-refractivity contribution in [2.45, 2.75) is 12.2 Å². The van der Waals surface area contributed by atoms with Gasteiger partial charge in [0.25, 0.3) is 0 Å². The van der Waals surface area contributed by atoms with Crippen LogP contribution in [-0.4, -0.2) is 28.7 Å². The molecule has 2 heteroatoms. The number of rotatable bonds is 4. The van der Waals surface area contributed by atoms with Crippen LogP contribution in [0.1, 0.15) is 12.5 Å². The van der Waals surface area contributed by atoms with Gasteiger partial charge in [0.05, 0.1) is 0 Å². The van der Waals surface area contributed by atoms with Crippen molar-refractivity contribution in [3.63, 3.8) is 0 Å². The molecule has 1 aromatic carbocycles. The number of methoxy groups -OCH3 is 1. The Balaban J connectivity index is 2.72. The van der Waals surface area contributed by atoms with Crippen molar-refractivity contribution < 1.29 is 4.74 Å². The Morgan fingerprint density at radius 2 is 2.12 bits per heavy atom. The average molecular weight is 279 g/mol. The van der Waals surface area contributed by atoms with Gasteiger partial charge < -0.3 is 0 Å². The van der Waals surface area contributed by atoms with Gasteiger partial charge in [-0.3, -0.25) is 0 Å². The minimum absolute atomic E-state index is 0.473. The van der Waals surface area contributed by atoms with Crippen molar-refractivity contribution >= 4 is 15.0 Å². The number of hydrogen-bond acceptors (Lipinski definition) is 1. The Morgan fingerprint density at radius 3 is 2.75 bits per heavy atom. The molecule has 84 valence electrons. The second-order valence-corrected chi connectivity index (χ2v) is 5.81. The molecule has 0 heterocycles. The Labute approximate surface area is 104 Å². The van der Waals surface area contributed by atoms with Crippen LogP contribution in [0, 0.1) is 11.8 Å². The third-order valence-corrected chi connectivity index (χ3v) is 3.66. The first-order chi connectivity index (χ1) is 7.86. The Bertz CT molecular complexity index is 384. The maximum atomic E-state index is 5.04. The van der Waals surface area contributed by atoms with Crippen molar-refractivity contribution in [3.05, 3.63) is 46.4 Å². The van der Waals surface area contributed by atoms with E-state index in [0.29, 0.717) is 21.6 Å². The Hall–Kier alpha value is -1.00. The molecule has 1 rings (SSSR count). The number of ether oxygens (including phenoxy) is 1. The summed E-state index contributed by atoms with van der Waals surface area (Å²) in [4.78, 5) is 0. The molecule has 0 atom stereocenters.